The van der Waals surface area contributed by atoms with E-state index >= 15 is 0 Å². The number of halogens is 1. The summed E-state index contributed by atoms with van der Waals surface area (Å²) in [5.74, 6) is 0. The number of hydrogen-bond acceptors (Lipinski definition) is 0. The quantitative estimate of drug-likeness (QED) is 0.337. The van der Waals surface area contributed by atoms with Crippen LogP contribution in [-0.2, 0) is 17.1 Å². The topological polar surface area (TPSA) is 158 Å². The van der Waals surface area contributed by atoms with E-state index in [0.29, 0.717) is 0 Å². The van der Waals surface area contributed by atoms with Gasteiger partial charge in [0.15, 0.2) is 0 Å². The smallest absolute Gasteiger partial charge is 0 e. The summed E-state index contributed by atoms with van der Waals surface area (Å²) >= 11 is 0. The van der Waals surface area contributed by atoms with Gasteiger partial charge in [0.2, 0.25) is 0 Å². The van der Waals surface area contributed by atoms with Gasteiger partial charge < -0.3 is 27.4 Å². The zero-order chi connectivity index (χ0) is 0. The van der Waals surface area contributed by atoms with Crippen molar-refractivity contribution in [2.24, 2.45) is 0 Å². The summed E-state index contributed by atoms with van der Waals surface area (Å²) < 4.78 is 0. The number of hydrogen-bond donors (Lipinski definition) is 0. The molecule has 0 unspecified atom stereocenters. The summed E-state index contributed by atoms with van der Waals surface area (Å²) in [6, 6.07) is 0. The predicted octanol–water partition coefficient (Wildman–Crippen LogP) is -3.70. The van der Waals surface area contributed by atoms with Crippen LogP contribution in [0.5, 0.6) is 0 Å². The summed E-state index contributed by atoms with van der Waals surface area (Å²) in [5.41, 5.74) is 0. The van der Waals surface area contributed by atoms with Crippen molar-refractivity contribution in [2.75, 3.05) is 0 Å². The molecule has 0 spiro atoms. The van der Waals surface area contributed by atoms with Crippen LogP contribution in [0.15, 0.2) is 0 Å². The van der Waals surface area contributed by atoms with E-state index in [1.54, 1.807) is 0 Å². The molecule has 0 bridgehead atoms. The van der Waals surface area contributed by atoms with Gasteiger partial charge in [0.1, 0.15) is 0 Å². The minimum absolute atomic E-state index is 0. The molecule has 0 aromatic rings. The molecular weight excluding hydrogens is 170 g/mol. The largest absolute Gasteiger partial charge is 0.412 e. The Morgan fingerprint density at radius 3 is 0.429 bits per heavy atom. The summed E-state index contributed by atoms with van der Waals surface area (Å²) in [6.07, 6.45) is 0. The molecule has 7 heteroatoms. The minimum atomic E-state index is 0. The maximum Gasteiger partial charge on any atom is 0 e. The maximum atomic E-state index is 0. The molecule has 0 saturated carbocycles. The Morgan fingerprint density at radius 1 is 0.429 bits per heavy atom. The van der Waals surface area contributed by atoms with Crippen molar-refractivity contribution in [3.8, 4) is 0 Å². The SMILES string of the molecule is Cl.O.O.O.O.O.[Mn]. The van der Waals surface area contributed by atoms with Crippen LogP contribution in [0.2, 0.25) is 0 Å². The Kier molecular flexibility index (Phi) is 71600. The van der Waals surface area contributed by atoms with E-state index in [-0.39, 0.29) is 56.9 Å². The molecule has 0 aliphatic rings. The summed E-state index contributed by atoms with van der Waals surface area (Å²) in [6.45, 7) is 0. The Labute approximate surface area is 57.5 Å². The molecule has 1 radical (unpaired) electrons. The van der Waals surface area contributed by atoms with Crippen molar-refractivity contribution in [3.05, 3.63) is 0 Å². The van der Waals surface area contributed by atoms with Crippen molar-refractivity contribution < 1.29 is 44.4 Å². The fourth-order valence-electron chi connectivity index (χ4n) is 0. The first-order chi connectivity index (χ1) is 0. The second kappa shape index (κ2) is 560. The van der Waals surface area contributed by atoms with Crippen LogP contribution >= 0.6 is 12.4 Å². The van der Waals surface area contributed by atoms with Crippen molar-refractivity contribution in [1.29, 1.82) is 0 Å². The first kappa shape index (κ1) is 895. The predicted molar refractivity (Wildman–Crippen MR) is 25.3 cm³/mol. The molecule has 0 saturated heterocycles. The molecule has 0 aromatic carbocycles. The third kappa shape index (κ3) is 378. The van der Waals surface area contributed by atoms with E-state index < -0.39 is 0 Å². The Morgan fingerprint density at radius 2 is 0.429 bits per heavy atom. The molecule has 0 amide bonds. The molecular formula is H11ClMnO5. The van der Waals surface area contributed by atoms with Gasteiger partial charge in [-0.25, -0.2) is 0 Å². The van der Waals surface area contributed by atoms with Gasteiger partial charge in [-0.1, -0.05) is 0 Å². The monoisotopic (exact) mass is 181 g/mol. The average molecular weight is 181 g/mol. The van der Waals surface area contributed by atoms with Crippen LogP contribution in [0.4, 0.5) is 0 Å². The molecule has 10 N–H and O–H groups in total. The second-order valence-electron chi connectivity index (χ2n) is 0. The van der Waals surface area contributed by atoms with Crippen molar-refractivity contribution >= 4 is 12.4 Å². The molecule has 0 heterocycles. The molecule has 55 valence electrons. The van der Waals surface area contributed by atoms with Crippen molar-refractivity contribution in [2.45, 2.75) is 0 Å². The standard InChI is InChI=1S/ClH.Mn.5H2O/h1H;;5*1H2. The Bertz CT molecular complexity index is 8.04. The molecule has 0 atom stereocenters. The van der Waals surface area contributed by atoms with E-state index in [1.807, 2.05) is 0 Å². The first-order valence-electron chi connectivity index (χ1n) is 0. The molecule has 0 aliphatic heterocycles. The summed E-state index contributed by atoms with van der Waals surface area (Å²) in [4.78, 5) is 0. The van der Waals surface area contributed by atoms with Gasteiger partial charge in [0.25, 0.3) is 0 Å². The van der Waals surface area contributed by atoms with Gasteiger partial charge in [-0.05, 0) is 0 Å². The zero-order valence-electron chi connectivity index (χ0n) is 3.29. The van der Waals surface area contributed by atoms with E-state index in [9.17, 15) is 0 Å². The van der Waals surface area contributed by atoms with Gasteiger partial charge in [-0.3, -0.25) is 0 Å². The van der Waals surface area contributed by atoms with E-state index in [2.05, 4.69) is 0 Å². The fraction of sp³-hybridized carbons (Fsp3) is 0. The summed E-state index contributed by atoms with van der Waals surface area (Å²) in [7, 11) is 0. The summed E-state index contributed by atoms with van der Waals surface area (Å²) in [5, 5.41) is 0. The maximum absolute atomic E-state index is 0. The third-order valence-corrected chi connectivity index (χ3v) is 0. The van der Waals surface area contributed by atoms with Gasteiger partial charge in [-0.15, -0.1) is 12.4 Å². The molecule has 0 aromatic heterocycles. The number of rotatable bonds is 0. The molecule has 0 aliphatic carbocycles. The average Bonchev–Trinajstić information content (AvgIpc) is 0. The molecule has 0 fully saturated rings. The van der Waals surface area contributed by atoms with Crippen LogP contribution in [0.25, 0.3) is 0 Å². The van der Waals surface area contributed by atoms with Crippen LogP contribution < -0.4 is 0 Å². The Hall–Kier alpha value is 0.609. The minimum Gasteiger partial charge on any atom is -0.412 e. The van der Waals surface area contributed by atoms with Gasteiger partial charge >= 0.3 is 0 Å². The molecule has 0 rings (SSSR count). The van der Waals surface area contributed by atoms with Crippen LogP contribution in [0, 0.1) is 0 Å². The molecule has 7 heavy (non-hydrogen) atoms. The van der Waals surface area contributed by atoms with E-state index in [4.69, 9.17) is 0 Å². The van der Waals surface area contributed by atoms with Crippen LogP contribution in [0.1, 0.15) is 0 Å². The van der Waals surface area contributed by atoms with Crippen LogP contribution in [-0.4, -0.2) is 27.4 Å². The van der Waals surface area contributed by atoms with Gasteiger partial charge in [-0.2, -0.15) is 0 Å². The first-order valence-corrected chi connectivity index (χ1v) is 0. The van der Waals surface area contributed by atoms with E-state index in [0.717, 1.165) is 0 Å². The van der Waals surface area contributed by atoms with Crippen LogP contribution in [0.3, 0.4) is 0 Å². The Balaban J connectivity index is 0. The van der Waals surface area contributed by atoms with Crippen molar-refractivity contribution in [3.63, 3.8) is 0 Å². The fourth-order valence-corrected chi connectivity index (χ4v) is 0. The van der Waals surface area contributed by atoms with E-state index in [1.165, 1.54) is 0 Å². The van der Waals surface area contributed by atoms with Gasteiger partial charge in [0, 0.05) is 17.1 Å². The normalized spacial score (nSPS) is 0. The molecule has 5 nitrogen and oxygen atoms in total. The van der Waals surface area contributed by atoms with Crippen molar-refractivity contribution in [1.82, 2.24) is 0 Å². The third-order valence-electron chi connectivity index (χ3n) is 0. The van der Waals surface area contributed by atoms with Gasteiger partial charge in [0.05, 0.1) is 0 Å². The second-order valence-corrected chi connectivity index (χ2v) is 0. The zero-order valence-corrected chi connectivity index (χ0v) is 5.28.